The molecule has 1 aromatic carbocycles. The highest BCUT2D eigenvalue weighted by Gasteiger charge is 2.15. The highest BCUT2D eigenvalue weighted by Crippen LogP contribution is 2.29. The smallest absolute Gasteiger partial charge is 0.165 e. The predicted octanol–water partition coefficient (Wildman–Crippen LogP) is 1.22. The lowest BCUT2D eigenvalue weighted by molar-refractivity contribution is 0.165. The Morgan fingerprint density at radius 2 is 2.14 bits per heavy atom. The number of phenolic OH excluding ortho intramolecular Hbond substituents is 1. The van der Waals surface area contributed by atoms with Crippen LogP contribution in [0, 0.1) is 12.7 Å². The third-order valence-corrected chi connectivity index (χ3v) is 2.04. The van der Waals surface area contributed by atoms with E-state index in [2.05, 4.69) is 0 Å². The van der Waals surface area contributed by atoms with Crippen LogP contribution in [0.4, 0.5) is 4.39 Å². The van der Waals surface area contributed by atoms with E-state index >= 15 is 0 Å². The summed E-state index contributed by atoms with van der Waals surface area (Å²) >= 11 is 0. The van der Waals surface area contributed by atoms with Crippen molar-refractivity contribution in [2.75, 3.05) is 6.54 Å². The number of aromatic hydroxyl groups is 1. The van der Waals surface area contributed by atoms with Crippen LogP contribution in [0.25, 0.3) is 0 Å². The molecule has 0 amide bonds. The molecule has 0 fully saturated rings. The van der Waals surface area contributed by atoms with E-state index in [0.29, 0.717) is 12.0 Å². The molecule has 0 aliphatic heterocycles. The van der Waals surface area contributed by atoms with Crippen molar-refractivity contribution in [2.24, 2.45) is 5.73 Å². The number of aliphatic hydroxyl groups is 1. The Hall–Kier alpha value is -1.13. The van der Waals surface area contributed by atoms with Crippen molar-refractivity contribution in [2.45, 2.75) is 19.4 Å². The molecule has 3 nitrogen and oxygen atoms in total. The van der Waals surface area contributed by atoms with Gasteiger partial charge in [0.15, 0.2) is 11.6 Å². The molecule has 0 saturated heterocycles. The van der Waals surface area contributed by atoms with Gasteiger partial charge in [-0.2, -0.15) is 0 Å². The van der Waals surface area contributed by atoms with E-state index < -0.39 is 17.7 Å². The number of rotatable bonds is 3. The molecule has 1 unspecified atom stereocenters. The van der Waals surface area contributed by atoms with Crippen LogP contribution in [0.1, 0.15) is 23.7 Å². The van der Waals surface area contributed by atoms with E-state index in [1.807, 2.05) is 0 Å². The van der Waals surface area contributed by atoms with Gasteiger partial charge in [0.2, 0.25) is 0 Å². The minimum absolute atomic E-state index is 0.202. The zero-order chi connectivity index (χ0) is 10.7. The van der Waals surface area contributed by atoms with E-state index in [0.717, 1.165) is 0 Å². The average Bonchev–Trinajstić information content (AvgIpc) is 2.11. The van der Waals surface area contributed by atoms with Crippen molar-refractivity contribution in [3.05, 3.63) is 29.1 Å². The van der Waals surface area contributed by atoms with Gasteiger partial charge in [0, 0.05) is 5.56 Å². The number of aryl methyl sites for hydroxylation is 1. The molecule has 1 rings (SSSR count). The molecule has 0 spiro atoms. The molecule has 4 N–H and O–H groups in total. The zero-order valence-corrected chi connectivity index (χ0v) is 8.00. The summed E-state index contributed by atoms with van der Waals surface area (Å²) in [5, 5.41) is 18.9. The van der Waals surface area contributed by atoms with E-state index in [9.17, 15) is 14.6 Å². The van der Waals surface area contributed by atoms with Gasteiger partial charge in [-0.15, -0.1) is 0 Å². The van der Waals surface area contributed by atoms with Gasteiger partial charge >= 0.3 is 0 Å². The maximum absolute atomic E-state index is 13.0. The molecule has 14 heavy (non-hydrogen) atoms. The second-order valence-electron chi connectivity index (χ2n) is 3.28. The highest BCUT2D eigenvalue weighted by atomic mass is 19.1. The van der Waals surface area contributed by atoms with Crippen LogP contribution >= 0.6 is 0 Å². The fourth-order valence-corrected chi connectivity index (χ4v) is 1.33. The van der Waals surface area contributed by atoms with Crippen LogP contribution in [0.15, 0.2) is 12.1 Å². The highest BCUT2D eigenvalue weighted by molar-refractivity contribution is 5.38. The fraction of sp³-hybridized carbons (Fsp3) is 0.400. The number of nitrogens with two attached hydrogens (primary N) is 1. The fourth-order valence-electron chi connectivity index (χ4n) is 1.33. The number of hydrogen-bond acceptors (Lipinski definition) is 3. The molecule has 78 valence electrons. The van der Waals surface area contributed by atoms with Gasteiger partial charge in [-0.25, -0.2) is 4.39 Å². The van der Waals surface area contributed by atoms with Gasteiger partial charge in [-0.1, -0.05) is 0 Å². The normalized spacial score (nSPS) is 12.9. The predicted molar refractivity (Wildman–Crippen MR) is 51.4 cm³/mol. The van der Waals surface area contributed by atoms with Crippen molar-refractivity contribution in [3.8, 4) is 5.75 Å². The summed E-state index contributed by atoms with van der Waals surface area (Å²) < 4.78 is 13.0. The van der Waals surface area contributed by atoms with E-state index in [1.165, 1.54) is 6.07 Å². The molecule has 0 saturated carbocycles. The Kier molecular flexibility index (Phi) is 3.43. The molecule has 0 radical (unpaired) electrons. The Morgan fingerprint density at radius 3 is 2.71 bits per heavy atom. The van der Waals surface area contributed by atoms with Gasteiger partial charge in [0.1, 0.15) is 0 Å². The number of hydrogen-bond donors (Lipinski definition) is 3. The summed E-state index contributed by atoms with van der Waals surface area (Å²) in [6, 6.07) is 2.77. The van der Waals surface area contributed by atoms with Crippen molar-refractivity contribution in [3.63, 3.8) is 0 Å². The van der Waals surface area contributed by atoms with E-state index in [4.69, 9.17) is 5.73 Å². The molecule has 0 bridgehead atoms. The lowest BCUT2D eigenvalue weighted by atomic mass is 10.0. The summed E-state index contributed by atoms with van der Waals surface area (Å²) in [5.74, 6) is -1.20. The summed E-state index contributed by atoms with van der Waals surface area (Å²) in [4.78, 5) is 0. The maximum Gasteiger partial charge on any atom is 0.165 e. The molecular formula is C10H14FNO2. The van der Waals surface area contributed by atoms with Gasteiger partial charge < -0.3 is 15.9 Å². The molecular weight excluding hydrogens is 185 g/mol. The second-order valence-corrected chi connectivity index (χ2v) is 3.28. The molecule has 1 aromatic rings. The van der Waals surface area contributed by atoms with Gasteiger partial charge in [0.05, 0.1) is 6.10 Å². The lowest BCUT2D eigenvalue weighted by Gasteiger charge is -2.12. The molecule has 0 aliphatic carbocycles. The minimum Gasteiger partial charge on any atom is -0.505 e. The third-order valence-electron chi connectivity index (χ3n) is 2.04. The quantitative estimate of drug-likeness (QED) is 0.685. The van der Waals surface area contributed by atoms with E-state index in [-0.39, 0.29) is 12.1 Å². The van der Waals surface area contributed by atoms with Gasteiger partial charge in [-0.05, 0) is 37.6 Å². The van der Waals surface area contributed by atoms with Gasteiger partial charge in [-0.3, -0.25) is 0 Å². The molecule has 0 aromatic heterocycles. The third kappa shape index (κ3) is 2.21. The van der Waals surface area contributed by atoms with Gasteiger partial charge in [0.25, 0.3) is 0 Å². The summed E-state index contributed by atoms with van der Waals surface area (Å²) in [7, 11) is 0. The Bertz CT molecular complexity index is 328. The SMILES string of the molecule is Cc1cc(F)c(O)c(C(O)CCN)c1. The second kappa shape index (κ2) is 4.39. The van der Waals surface area contributed by atoms with Crippen LogP contribution in [0.3, 0.4) is 0 Å². The summed E-state index contributed by atoms with van der Waals surface area (Å²) in [5.41, 5.74) is 6.12. The summed E-state index contributed by atoms with van der Waals surface area (Å²) in [6.45, 7) is 1.98. The minimum atomic E-state index is -0.908. The number of phenols is 1. The van der Waals surface area contributed by atoms with Crippen LogP contribution in [-0.4, -0.2) is 16.8 Å². The Labute approximate surface area is 82.0 Å². The molecule has 0 aliphatic rings. The Morgan fingerprint density at radius 1 is 1.50 bits per heavy atom. The van der Waals surface area contributed by atoms with Crippen LogP contribution in [0.2, 0.25) is 0 Å². The molecule has 4 heteroatoms. The van der Waals surface area contributed by atoms with Crippen LogP contribution in [0.5, 0.6) is 5.75 Å². The largest absolute Gasteiger partial charge is 0.505 e. The average molecular weight is 199 g/mol. The first-order valence-electron chi connectivity index (χ1n) is 4.43. The lowest BCUT2D eigenvalue weighted by Crippen LogP contribution is -2.07. The van der Waals surface area contributed by atoms with Crippen molar-refractivity contribution >= 4 is 0 Å². The van der Waals surface area contributed by atoms with Crippen molar-refractivity contribution < 1.29 is 14.6 Å². The standard InChI is InChI=1S/C10H14FNO2/c1-6-4-7(9(13)2-3-12)10(14)8(11)5-6/h4-5,9,13-14H,2-3,12H2,1H3. The topological polar surface area (TPSA) is 66.5 Å². The van der Waals surface area contributed by atoms with E-state index in [1.54, 1.807) is 13.0 Å². The number of benzene rings is 1. The first-order valence-corrected chi connectivity index (χ1v) is 4.43. The monoisotopic (exact) mass is 199 g/mol. The van der Waals surface area contributed by atoms with Crippen molar-refractivity contribution in [1.82, 2.24) is 0 Å². The first-order chi connectivity index (χ1) is 6.56. The molecule has 1 atom stereocenters. The number of halogens is 1. The van der Waals surface area contributed by atoms with Crippen LogP contribution < -0.4 is 5.73 Å². The summed E-state index contributed by atoms with van der Waals surface area (Å²) in [6.07, 6.45) is -0.606. The first kappa shape index (κ1) is 10.9. The Balaban J connectivity index is 3.07. The zero-order valence-electron chi connectivity index (χ0n) is 8.00. The van der Waals surface area contributed by atoms with Crippen molar-refractivity contribution in [1.29, 1.82) is 0 Å². The molecule has 0 heterocycles. The maximum atomic E-state index is 13.0. The number of aliphatic hydroxyl groups excluding tert-OH is 1. The van der Waals surface area contributed by atoms with Crippen LogP contribution in [-0.2, 0) is 0 Å².